The van der Waals surface area contributed by atoms with Crippen LogP contribution in [0, 0.1) is 6.92 Å². The normalized spacial score (nSPS) is 12.3. The Balaban J connectivity index is 1.97. The minimum atomic E-state index is -0.270. The van der Waals surface area contributed by atoms with E-state index < -0.39 is 0 Å². The number of anilines is 1. The lowest BCUT2D eigenvalue weighted by molar-refractivity contribution is 0.0995. The molecule has 0 fully saturated rings. The van der Waals surface area contributed by atoms with Gasteiger partial charge >= 0.3 is 0 Å². The number of aromatic nitrogens is 1. The van der Waals surface area contributed by atoms with Crippen LogP contribution in [0.5, 0.6) is 0 Å². The molecule has 1 amide bonds. The summed E-state index contributed by atoms with van der Waals surface area (Å²) < 4.78 is 5.28. The van der Waals surface area contributed by atoms with E-state index in [0.717, 1.165) is 18.7 Å². The summed E-state index contributed by atoms with van der Waals surface area (Å²) in [6, 6.07) is 3.60. The van der Waals surface area contributed by atoms with Gasteiger partial charge in [-0.1, -0.05) is 6.92 Å². The first-order chi connectivity index (χ1) is 9.60. The van der Waals surface area contributed by atoms with Crippen molar-refractivity contribution in [2.45, 2.75) is 33.2 Å². The second-order valence-corrected chi connectivity index (χ2v) is 5.48. The quantitative estimate of drug-likeness (QED) is 0.857. The van der Waals surface area contributed by atoms with Crippen LogP contribution in [0.15, 0.2) is 21.9 Å². The number of nitrogens with zero attached hydrogens (tertiary/aromatic N) is 1. The molecule has 0 aliphatic rings. The van der Waals surface area contributed by atoms with Gasteiger partial charge in [0.1, 0.15) is 5.76 Å². The van der Waals surface area contributed by atoms with Crippen molar-refractivity contribution >= 4 is 22.4 Å². The maximum Gasteiger partial charge on any atom is 0.293 e. The first-order valence-electron chi connectivity index (χ1n) is 6.66. The van der Waals surface area contributed by atoms with E-state index in [4.69, 9.17) is 4.42 Å². The van der Waals surface area contributed by atoms with Crippen LogP contribution in [0.25, 0.3) is 0 Å². The lowest BCUT2D eigenvalue weighted by Gasteiger charge is -2.09. The second kappa shape index (κ2) is 6.67. The Labute approximate surface area is 122 Å². The molecule has 108 valence electrons. The highest BCUT2D eigenvalue weighted by molar-refractivity contribution is 7.14. The molecular formula is C14H19N3O2S. The minimum absolute atomic E-state index is 0.183. The number of hydrogen-bond acceptors (Lipinski definition) is 5. The van der Waals surface area contributed by atoms with Crippen LogP contribution in [0.4, 0.5) is 5.13 Å². The number of hydrogen-bond donors (Lipinski definition) is 2. The summed E-state index contributed by atoms with van der Waals surface area (Å²) in [7, 11) is 0. The van der Waals surface area contributed by atoms with E-state index in [9.17, 15) is 4.79 Å². The van der Waals surface area contributed by atoms with E-state index in [0.29, 0.717) is 16.7 Å². The van der Waals surface area contributed by atoms with E-state index in [-0.39, 0.29) is 11.9 Å². The Hall–Kier alpha value is -1.66. The Morgan fingerprint density at radius 1 is 1.50 bits per heavy atom. The smallest absolute Gasteiger partial charge is 0.293 e. The molecule has 0 aromatic carbocycles. The summed E-state index contributed by atoms with van der Waals surface area (Å²) in [5.41, 5.74) is 0.939. The summed E-state index contributed by atoms with van der Waals surface area (Å²) in [5, 5.41) is 8.65. The fourth-order valence-electron chi connectivity index (χ4n) is 1.72. The Morgan fingerprint density at radius 2 is 2.30 bits per heavy atom. The second-order valence-electron chi connectivity index (χ2n) is 4.62. The van der Waals surface area contributed by atoms with Crippen molar-refractivity contribution in [2.24, 2.45) is 0 Å². The number of nitrogens with one attached hydrogen (secondary N) is 2. The molecule has 2 N–H and O–H groups in total. The van der Waals surface area contributed by atoms with Crippen molar-refractivity contribution in [3.63, 3.8) is 0 Å². The van der Waals surface area contributed by atoms with Crippen molar-refractivity contribution in [3.8, 4) is 0 Å². The fraction of sp³-hybridized carbons (Fsp3) is 0.429. The molecule has 2 aromatic heterocycles. The molecule has 1 unspecified atom stereocenters. The van der Waals surface area contributed by atoms with Gasteiger partial charge in [0.25, 0.3) is 5.91 Å². The van der Waals surface area contributed by atoms with Gasteiger partial charge in [-0.25, -0.2) is 4.98 Å². The molecule has 2 rings (SSSR count). The van der Waals surface area contributed by atoms with Crippen molar-refractivity contribution in [2.75, 3.05) is 11.9 Å². The average Bonchev–Trinajstić information content (AvgIpc) is 3.05. The molecule has 0 saturated carbocycles. The molecule has 0 saturated heterocycles. The molecule has 0 aliphatic carbocycles. The number of rotatable bonds is 6. The maximum atomic E-state index is 11.9. The number of carbonyl (C=O) groups is 1. The Bertz CT molecular complexity index is 576. The molecule has 0 bridgehead atoms. The van der Waals surface area contributed by atoms with Gasteiger partial charge in [-0.15, -0.1) is 11.3 Å². The Kier molecular flexibility index (Phi) is 4.92. The molecule has 2 aromatic rings. The highest BCUT2D eigenvalue weighted by atomic mass is 32.1. The van der Waals surface area contributed by atoms with Gasteiger partial charge in [0.05, 0.1) is 5.69 Å². The summed E-state index contributed by atoms with van der Waals surface area (Å²) in [6.45, 7) is 6.94. The number of amides is 1. The molecule has 0 aliphatic heterocycles. The number of carbonyl (C=O) groups excluding carboxylic acids is 1. The highest BCUT2D eigenvalue weighted by Crippen LogP contribution is 2.21. The SMILES string of the molecule is CCCNC(C)c1csc(NC(=O)c2ccc(C)o2)n1. The zero-order chi connectivity index (χ0) is 14.5. The molecule has 1 atom stereocenters. The molecule has 0 radical (unpaired) electrons. The summed E-state index contributed by atoms with van der Waals surface area (Å²) in [4.78, 5) is 16.3. The third-order valence-electron chi connectivity index (χ3n) is 2.85. The number of furan rings is 1. The molecule has 0 spiro atoms. The maximum absolute atomic E-state index is 11.9. The number of thiazole rings is 1. The van der Waals surface area contributed by atoms with E-state index in [2.05, 4.69) is 29.5 Å². The van der Waals surface area contributed by atoms with Crippen molar-refractivity contribution < 1.29 is 9.21 Å². The third kappa shape index (κ3) is 3.68. The molecule has 20 heavy (non-hydrogen) atoms. The van der Waals surface area contributed by atoms with E-state index in [1.807, 2.05) is 5.38 Å². The summed E-state index contributed by atoms with van der Waals surface area (Å²) >= 11 is 1.42. The third-order valence-corrected chi connectivity index (χ3v) is 3.63. The molecule has 2 heterocycles. The summed E-state index contributed by atoms with van der Waals surface area (Å²) in [5.74, 6) is 0.747. The van der Waals surface area contributed by atoms with Crippen LogP contribution in [-0.2, 0) is 0 Å². The summed E-state index contributed by atoms with van der Waals surface area (Å²) in [6.07, 6.45) is 1.08. The minimum Gasteiger partial charge on any atom is -0.456 e. The van der Waals surface area contributed by atoms with Gasteiger partial charge in [-0.2, -0.15) is 0 Å². The lowest BCUT2D eigenvalue weighted by atomic mass is 10.2. The highest BCUT2D eigenvalue weighted by Gasteiger charge is 2.14. The van der Waals surface area contributed by atoms with E-state index in [1.54, 1.807) is 19.1 Å². The monoisotopic (exact) mass is 293 g/mol. The van der Waals surface area contributed by atoms with Crippen molar-refractivity contribution in [3.05, 3.63) is 34.7 Å². The van der Waals surface area contributed by atoms with Gasteiger partial charge < -0.3 is 9.73 Å². The van der Waals surface area contributed by atoms with Gasteiger partial charge in [0.15, 0.2) is 10.9 Å². The predicted molar refractivity (Wildman–Crippen MR) is 80.2 cm³/mol. The Morgan fingerprint density at radius 3 is 2.95 bits per heavy atom. The van der Waals surface area contributed by atoms with Gasteiger partial charge in [-0.3, -0.25) is 10.1 Å². The van der Waals surface area contributed by atoms with Crippen molar-refractivity contribution in [1.29, 1.82) is 0 Å². The van der Waals surface area contributed by atoms with E-state index >= 15 is 0 Å². The zero-order valence-corrected chi connectivity index (χ0v) is 12.7. The van der Waals surface area contributed by atoms with Crippen LogP contribution >= 0.6 is 11.3 Å². The van der Waals surface area contributed by atoms with Crippen LogP contribution in [0.2, 0.25) is 0 Å². The van der Waals surface area contributed by atoms with Gasteiger partial charge in [-0.05, 0) is 38.9 Å². The lowest BCUT2D eigenvalue weighted by Crippen LogP contribution is -2.19. The van der Waals surface area contributed by atoms with Crippen LogP contribution in [0.1, 0.15) is 48.3 Å². The largest absolute Gasteiger partial charge is 0.456 e. The van der Waals surface area contributed by atoms with Gasteiger partial charge in [0.2, 0.25) is 0 Å². The standard InChI is InChI=1S/C14H19N3O2S/c1-4-7-15-10(3)11-8-20-14(16-11)17-13(18)12-6-5-9(2)19-12/h5-6,8,10,15H,4,7H2,1-3H3,(H,16,17,18). The fourth-order valence-corrected chi connectivity index (χ4v) is 2.52. The van der Waals surface area contributed by atoms with Crippen LogP contribution < -0.4 is 10.6 Å². The van der Waals surface area contributed by atoms with Crippen LogP contribution in [0.3, 0.4) is 0 Å². The first-order valence-corrected chi connectivity index (χ1v) is 7.54. The van der Waals surface area contributed by atoms with Crippen molar-refractivity contribution in [1.82, 2.24) is 10.3 Å². The first kappa shape index (κ1) is 14.7. The van der Waals surface area contributed by atoms with E-state index in [1.165, 1.54) is 11.3 Å². The molecular weight excluding hydrogens is 274 g/mol. The zero-order valence-electron chi connectivity index (χ0n) is 11.9. The van der Waals surface area contributed by atoms with Crippen LogP contribution in [-0.4, -0.2) is 17.4 Å². The molecule has 5 nitrogen and oxygen atoms in total. The van der Waals surface area contributed by atoms with Gasteiger partial charge in [0, 0.05) is 11.4 Å². The number of aryl methyl sites for hydroxylation is 1. The predicted octanol–water partition coefficient (Wildman–Crippen LogP) is 3.36. The average molecular weight is 293 g/mol. The molecule has 6 heteroatoms. The topological polar surface area (TPSA) is 67.2 Å².